The number of carbonyl (C=O) groups is 1. The lowest BCUT2D eigenvalue weighted by atomic mass is 9.92. The highest BCUT2D eigenvalue weighted by atomic mass is 32.2. The van der Waals surface area contributed by atoms with Crippen LogP contribution in [0.2, 0.25) is 0 Å². The van der Waals surface area contributed by atoms with Crippen LogP contribution in [0.3, 0.4) is 0 Å². The molecule has 0 spiro atoms. The Hall–Kier alpha value is -1.14. The van der Waals surface area contributed by atoms with Gasteiger partial charge in [0.05, 0.1) is 13.1 Å². The van der Waals surface area contributed by atoms with E-state index < -0.39 is 5.76 Å². The summed E-state index contributed by atoms with van der Waals surface area (Å²) in [4.78, 5) is 13.9. The zero-order chi connectivity index (χ0) is 16.1. The standard InChI is InChI=1S/C16H22F2N2OS/c1-11-7-12(2)9-20(8-11)10-15(21)19-13-3-5-14(6-4-13)22-16(17)18/h3-6,11-12,16H,7-10H2,1-2H3,(H,19,21)/p+1/t11-,12-/m1/s1. The number of hydrogen-bond donors (Lipinski definition) is 2. The SMILES string of the molecule is C[C@@H]1C[C@@H](C)C[NH+](CC(=O)Nc2ccc(SC(F)F)cc2)C1. The summed E-state index contributed by atoms with van der Waals surface area (Å²) in [6, 6.07) is 6.54. The van der Waals surface area contributed by atoms with Crippen LogP contribution in [0, 0.1) is 11.8 Å². The Labute approximate surface area is 134 Å². The number of benzene rings is 1. The molecular formula is C16H23F2N2OS+. The molecule has 6 heteroatoms. The summed E-state index contributed by atoms with van der Waals surface area (Å²) >= 11 is 0.505. The third-order valence-electron chi connectivity index (χ3n) is 3.85. The molecule has 0 saturated carbocycles. The van der Waals surface area contributed by atoms with E-state index in [9.17, 15) is 13.6 Å². The molecule has 1 aromatic carbocycles. The molecule has 0 aliphatic carbocycles. The molecule has 3 nitrogen and oxygen atoms in total. The van der Waals surface area contributed by atoms with Crippen LogP contribution >= 0.6 is 11.8 Å². The quantitative estimate of drug-likeness (QED) is 0.814. The van der Waals surface area contributed by atoms with E-state index in [1.165, 1.54) is 11.3 Å². The number of hydrogen-bond acceptors (Lipinski definition) is 2. The number of amides is 1. The van der Waals surface area contributed by atoms with Crippen molar-refractivity contribution in [3.63, 3.8) is 0 Å². The van der Waals surface area contributed by atoms with Gasteiger partial charge in [-0.2, -0.15) is 8.78 Å². The highest BCUT2D eigenvalue weighted by molar-refractivity contribution is 7.99. The topological polar surface area (TPSA) is 33.5 Å². The average molecular weight is 329 g/mol. The van der Waals surface area contributed by atoms with Crippen molar-refractivity contribution >= 4 is 23.4 Å². The zero-order valence-electron chi connectivity index (χ0n) is 12.9. The number of anilines is 1. The summed E-state index contributed by atoms with van der Waals surface area (Å²) in [5, 5.41) is 2.84. The van der Waals surface area contributed by atoms with Crippen molar-refractivity contribution < 1.29 is 18.5 Å². The van der Waals surface area contributed by atoms with Crippen LogP contribution in [0.4, 0.5) is 14.5 Å². The number of halogens is 2. The molecule has 1 amide bonds. The Morgan fingerprint density at radius 2 is 1.86 bits per heavy atom. The van der Waals surface area contributed by atoms with Gasteiger partial charge < -0.3 is 10.2 Å². The largest absolute Gasteiger partial charge is 0.327 e. The molecule has 1 aromatic rings. The molecule has 0 unspecified atom stereocenters. The summed E-state index contributed by atoms with van der Waals surface area (Å²) in [6.07, 6.45) is 1.23. The lowest BCUT2D eigenvalue weighted by Gasteiger charge is -2.31. The second-order valence-corrected chi connectivity index (χ2v) is 7.30. The molecule has 1 aliphatic heterocycles. The Morgan fingerprint density at radius 1 is 1.27 bits per heavy atom. The van der Waals surface area contributed by atoms with E-state index in [2.05, 4.69) is 19.2 Å². The number of carbonyl (C=O) groups excluding carboxylic acids is 1. The van der Waals surface area contributed by atoms with E-state index in [0.29, 0.717) is 40.7 Å². The summed E-state index contributed by atoms with van der Waals surface area (Å²) in [5.74, 6) is -1.15. The van der Waals surface area contributed by atoms with Crippen molar-refractivity contribution in [3.05, 3.63) is 24.3 Å². The summed E-state index contributed by atoms with van der Waals surface area (Å²) in [6.45, 7) is 6.98. The van der Waals surface area contributed by atoms with Crippen molar-refractivity contribution in [1.29, 1.82) is 0 Å². The lowest BCUT2D eigenvalue weighted by molar-refractivity contribution is -0.904. The number of nitrogens with one attached hydrogen (secondary N) is 2. The third kappa shape index (κ3) is 5.57. The maximum atomic E-state index is 12.2. The fourth-order valence-electron chi connectivity index (χ4n) is 3.22. The van der Waals surface area contributed by atoms with Crippen LogP contribution < -0.4 is 10.2 Å². The predicted molar refractivity (Wildman–Crippen MR) is 85.4 cm³/mol. The van der Waals surface area contributed by atoms with Crippen LogP contribution in [-0.4, -0.2) is 31.3 Å². The van der Waals surface area contributed by atoms with Gasteiger partial charge in [-0.25, -0.2) is 0 Å². The fraction of sp³-hybridized carbons (Fsp3) is 0.562. The molecule has 2 atom stereocenters. The highest BCUT2D eigenvalue weighted by Gasteiger charge is 2.26. The van der Waals surface area contributed by atoms with Gasteiger partial charge in [0, 0.05) is 22.4 Å². The van der Waals surface area contributed by atoms with Crippen molar-refractivity contribution in [2.24, 2.45) is 11.8 Å². The van der Waals surface area contributed by atoms with E-state index >= 15 is 0 Å². The second kappa shape index (κ2) is 7.92. The Kier molecular flexibility index (Phi) is 6.20. The smallest absolute Gasteiger partial charge is 0.288 e. The minimum absolute atomic E-state index is 0.0226. The minimum atomic E-state index is -2.42. The molecule has 22 heavy (non-hydrogen) atoms. The van der Waals surface area contributed by atoms with Crippen LogP contribution in [0.5, 0.6) is 0 Å². The maximum absolute atomic E-state index is 12.2. The molecule has 0 bridgehead atoms. The van der Waals surface area contributed by atoms with Crippen molar-refractivity contribution in [2.75, 3.05) is 25.0 Å². The summed E-state index contributed by atoms with van der Waals surface area (Å²) in [5.41, 5.74) is 0.654. The van der Waals surface area contributed by atoms with Gasteiger partial charge in [0.1, 0.15) is 0 Å². The van der Waals surface area contributed by atoms with Crippen LogP contribution in [0.15, 0.2) is 29.2 Å². The molecule has 0 radical (unpaired) electrons. The second-order valence-electron chi connectivity index (χ2n) is 6.23. The molecule has 2 rings (SSSR count). The third-order valence-corrected chi connectivity index (χ3v) is 4.58. The van der Waals surface area contributed by atoms with Crippen LogP contribution in [0.25, 0.3) is 0 Å². The zero-order valence-corrected chi connectivity index (χ0v) is 13.8. The number of quaternary nitrogens is 1. The Morgan fingerprint density at radius 3 is 2.41 bits per heavy atom. The minimum Gasteiger partial charge on any atom is -0.327 e. The Bertz CT molecular complexity index is 485. The normalized spacial score (nSPS) is 25.2. The highest BCUT2D eigenvalue weighted by Crippen LogP contribution is 2.26. The molecule has 1 saturated heterocycles. The van der Waals surface area contributed by atoms with Gasteiger partial charge in [-0.3, -0.25) is 4.79 Å². The van der Waals surface area contributed by atoms with Crippen molar-refractivity contribution in [1.82, 2.24) is 0 Å². The van der Waals surface area contributed by atoms with Crippen LogP contribution in [-0.2, 0) is 4.79 Å². The first-order valence-corrected chi connectivity index (χ1v) is 8.48. The summed E-state index contributed by atoms with van der Waals surface area (Å²) < 4.78 is 24.5. The molecule has 1 heterocycles. The van der Waals surface area contributed by atoms with E-state index in [1.807, 2.05) is 0 Å². The van der Waals surface area contributed by atoms with Gasteiger partial charge in [-0.15, -0.1) is 0 Å². The van der Waals surface area contributed by atoms with Gasteiger partial charge in [-0.05, 0) is 30.7 Å². The first-order chi connectivity index (χ1) is 10.4. The molecule has 122 valence electrons. The van der Waals surface area contributed by atoms with Crippen molar-refractivity contribution in [2.45, 2.75) is 30.9 Å². The van der Waals surface area contributed by atoms with Gasteiger partial charge >= 0.3 is 0 Å². The first-order valence-electron chi connectivity index (χ1n) is 7.60. The van der Waals surface area contributed by atoms with E-state index in [0.717, 1.165) is 13.1 Å². The lowest BCUT2D eigenvalue weighted by Crippen LogP contribution is -3.15. The average Bonchev–Trinajstić information content (AvgIpc) is 2.39. The monoisotopic (exact) mass is 329 g/mol. The molecule has 1 aliphatic rings. The van der Waals surface area contributed by atoms with E-state index in [4.69, 9.17) is 0 Å². The number of likely N-dealkylation sites (tertiary alicyclic amines) is 1. The Balaban J connectivity index is 1.84. The number of piperidine rings is 1. The molecule has 0 aromatic heterocycles. The fourth-order valence-corrected chi connectivity index (χ4v) is 3.72. The number of alkyl halides is 2. The van der Waals surface area contributed by atoms with E-state index in [-0.39, 0.29) is 5.91 Å². The molecule has 2 N–H and O–H groups in total. The molecule has 1 fully saturated rings. The van der Waals surface area contributed by atoms with E-state index in [1.54, 1.807) is 24.3 Å². The first kappa shape index (κ1) is 17.2. The van der Waals surface area contributed by atoms with Crippen molar-refractivity contribution in [3.8, 4) is 0 Å². The number of thioether (sulfide) groups is 1. The maximum Gasteiger partial charge on any atom is 0.288 e. The van der Waals surface area contributed by atoms with Gasteiger partial charge in [-0.1, -0.05) is 25.6 Å². The van der Waals surface area contributed by atoms with Gasteiger partial charge in [0.25, 0.3) is 11.7 Å². The summed E-state index contributed by atoms with van der Waals surface area (Å²) in [7, 11) is 0. The van der Waals surface area contributed by atoms with Gasteiger partial charge in [0.15, 0.2) is 6.54 Å². The van der Waals surface area contributed by atoms with Crippen LogP contribution in [0.1, 0.15) is 20.3 Å². The number of rotatable bonds is 5. The predicted octanol–water partition coefficient (Wildman–Crippen LogP) is 2.50. The molecular weight excluding hydrogens is 306 g/mol. The van der Waals surface area contributed by atoms with Gasteiger partial charge in [0.2, 0.25) is 0 Å².